The molecule has 1 aliphatic carbocycles. The van der Waals surface area contributed by atoms with E-state index in [-0.39, 0.29) is 55.1 Å². The number of aromatic hydroxyl groups is 1. The molecule has 0 radical (unpaired) electrons. The number of nitrogens with one attached hydrogen (secondary N) is 2. The van der Waals surface area contributed by atoms with Gasteiger partial charge in [-0.2, -0.15) is 0 Å². The molecule has 0 unspecified atom stereocenters. The number of pyridine rings is 1. The number of benzene rings is 2. The summed E-state index contributed by atoms with van der Waals surface area (Å²) in [6.07, 6.45) is 0. The van der Waals surface area contributed by atoms with Crippen LogP contribution in [0.25, 0.3) is 4.85 Å². The van der Waals surface area contributed by atoms with Crippen LogP contribution in [0.1, 0.15) is 51.3 Å². The monoisotopic (exact) mass is 536 g/mol. The lowest BCUT2D eigenvalue weighted by atomic mass is 9.82. The number of carbonyl (C=O) groups is 2. The summed E-state index contributed by atoms with van der Waals surface area (Å²) in [5.41, 5.74) is 0.631. The van der Waals surface area contributed by atoms with Gasteiger partial charge < -0.3 is 15.7 Å². The standard InChI is InChI=1S/C26H22Cl2N6O3/c1-11(2)10-31-26-20(29-4)12(3)21(25(30-5)32-26)33-34-22-15(28)9-14(27)18-19(22)24(37)17-13(23(18)36)7-6-8-16(17)35/h6-9,11,35H,10H2,1-3,5H3,(H2,30,31,32). The van der Waals surface area contributed by atoms with E-state index >= 15 is 0 Å². The van der Waals surface area contributed by atoms with Crippen LogP contribution in [-0.2, 0) is 0 Å². The van der Waals surface area contributed by atoms with Crippen molar-refractivity contribution in [2.24, 2.45) is 16.1 Å². The number of rotatable bonds is 6. The van der Waals surface area contributed by atoms with Crippen molar-refractivity contribution < 1.29 is 14.7 Å². The minimum Gasteiger partial charge on any atom is -0.507 e. The molecular formula is C26H22Cl2N6O3. The van der Waals surface area contributed by atoms with Crippen molar-refractivity contribution in [1.29, 1.82) is 0 Å². The highest BCUT2D eigenvalue weighted by Crippen LogP contribution is 2.45. The number of nitrogens with zero attached hydrogens (tertiary/aromatic N) is 4. The smallest absolute Gasteiger partial charge is 0.233 e. The van der Waals surface area contributed by atoms with Gasteiger partial charge in [0.05, 0.1) is 33.3 Å². The molecule has 0 fully saturated rings. The third-order valence-electron chi connectivity index (χ3n) is 5.83. The molecule has 0 saturated heterocycles. The topological polar surface area (TPSA) is 120 Å². The van der Waals surface area contributed by atoms with Gasteiger partial charge in [0.25, 0.3) is 0 Å². The first-order valence-corrected chi connectivity index (χ1v) is 12.0. The third kappa shape index (κ3) is 4.50. The summed E-state index contributed by atoms with van der Waals surface area (Å²) in [7, 11) is 1.66. The second-order valence-electron chi connectivity index (χ2n) is 8.76. The summed E-state index contributed by atoms with van der Waals surface area (Å²) in [6.45, 7) is 14.1. The van der Waals surface area contributed by atoms with Crippen LogP contribution < -0.4 is 10.6 Å². The van der Waals surface area contributed by atoms with E-state index in [9.17, 15) is 14.7 Å². The number of ketones is 2. The Morgan fingerprint density at radius 1 is 1.05 bits per heavy atom. The number of anilines is 2. The highest BCUT2D eigenvalue weighted by molar-refractivity contribution is 6.43. The van der Waals surface area contributed by atoms with Gasteiger partial charge in [0.15, 0.2) is 11.6 Å². The Kier molecular flexibility index (Phi) is 7.16. The summed E-state index contributed by atoms with van der Waals surface area (Å²) >= 11 is 12.8. The molecule has 4 rings (SSSR count). The molecule has 0 amide bonds. The Hall–Kier alpha value is -4.00. The predicted molar refractivity (Wildman–Crippen MR) is 144 cm³/mol. The first-order valence-electron chi connectivity index (χ1n) is 11.3. The van der Waals surface area contributed by atoms with Crippen molar-refractivity contribution in [2.45, 2.75) is 20.8 Å². The van der Waals surface area contributed by atoms with Crippen LogP contribution in [0, 0.1) is 19.4 Å². The Morgan fingerprint density at radius 3 is 2.41 bits per heavy atom. The lowest BCUT2D eigenvalue weighted by Gasteiger charge is -2.21. The van der Waals surface area contributed by atoms with E-state index in [0.29, 0.717) is 29.7 Å². The Labute approximate surface area is 223 Å². The van der Waals surface area contributed by atoms with Crippen LogP contribution in [0.4, 0.5) is 28.7 Å². The number of halogens is 2. The number of carbonyl (C=O) groups excluding carboxylic acids is 2. The Balaban J connectivity index is 1.89. The van der Waals surface area contributed by atoms with Crippen molar-refractivity contribution in [3.8, 4) is 5.75 Å². The SMILES string of the molecule is [C-]#[N+]c1c(NCC(C)C)nc(NC)c(N=Nc2c(Cl)cc(Cl)c3c2C(=O)c2c(O)cccc2C3=O)c1C. The van der Waals surface area contributed by atoms with Gasteiger partial charge in [-0.05, 0) is 30.5 Å². The van der Waals surface area contributed by atoms with E-state index in [0.717, 1.165) is 0 Å². The molecule has 9 nitrogen and oxygen atoms in total. The molecule has 3 N–H and O–H groups in total. The second-order valence-corrected chi connectivity index (χ2v) is 9.58. The molecule has 1 heterocycles. The zero-order valence-corrected chi connectivity index (χ0v) is 21.9. The van der Waals surface area contributed by atoms with Gasteiger partial charge in [-0.3, -0.25) is 9.59 Å². The van der Waals surface area contributed by atoms with Crippen LogP contribution in [0.3, 0.4) is 0 Å². The largest absolute Gasteiger partial charge is 0.507 e. The van der Waals surface area contributed by atoms with Gasteiger partial charge in [-0.15, -0.1) is 10.2 Å². The van der Waals surface area contributed by atoms with Gasteiger partial charge in [0.2, 0.25) is 11.5 Å². The molecule has 37 heavy (non-hydrogen) atoms. The zero-order chi connectivity index (χ0) is 27.0. The molecule has 3 aromatic rings. The van der Waals surface area contributed by atoms with Crippen molar-refractivity contribution >= 4 is 63.5 Å². The minimum absolute atomic E-state index is 0.00948. The van der Waals surface area contributed by atoms with Crippen molar-refractivity contribution in [1.82, 2.24) is 4.98 Å². The lowest BCUT2D eigenvalue weighted by Crippen LogP contribution is -2.21. The number of hydrogen-bond donors (Lipinski definition) is 3. The van der Waals surface area contributed by atoms with Gasteiger partial charge in [0, 0.05) is 19.2 Å². The first kappa shape index (κ1) is 26.1. The zero-order valence-electron chi connectivity index (χ0n) is 20.4. The molecule has 2 aromatic carbocycles. The summed E-state index contributed by atoms with van der Waals surface area (Å²) in [4.78, 5) is 34.8. The highest BCUT2D eigenvalue weighted by Gasteiger charge is 2.37. The molecule has 0 saturated carbocycles. The number of phenols is 1. The molecule has 11 heteroatoms. The summed E-state index contributed by atoms with van der Waals surface area (Å²) in [5.74, 6) is -0.433. The Bertz CT molecular complexity index is 1540. The van der Waals surface area contributed by atoms with E-state index in [1.54, 1.807) is 14.0 Å². The predicted octanol–water partition coefficient (Wildman–Crippen LogP) is 7.25. The maximum Gasteiger partial charge on any atom is 0.233 e. The molecule has 0 atom stereocenters. The number of azo groups is 1. The molecule has 1 aliphatic rings. The van der Waals surface area contributed by atoms with Crippen molar-refractivity contribution in [3.05, 3.63) is 73.5 Å². The highest BCUT2D eigenvalue weighted by atomic mass is 35.5. The van der Waals surface area contributed by atoms with E-state index in [1.165, 1.54) is 24.3 Å². The molecule has 1 aromatic heterocycles. The average Bonchev–Trinajstić information content (AvgIpc) is 2.85. The average molecular weight is 537 g/mol. The van der Waals surface area contributed by atoms with Crippen LogP contribution in [0.5, 0.6) is 5.75 Å². The van der Waals surface area contributed by atoms with E-state index in [4.69, 9.17) is 29.8 Å². The molecule has 0 bridgehead atoms. The quantitative estimate of drug-likeness (QED) is 0.176. The fourth-order valence-electron chi connectivity index (χ4n) is 4.02. The van der Waals surface area contributed by atoms with Crippen molar-refractivity contribution in [3.63, 3.8) is 0 Å². The normalized spacial score (nSPS) is 12.5. The second kappa shape index (κ2) is 10.2. The van der Waals surface area contributed by atoms with E-state index in [1.807, 2.05) is 13.8 Å². The van der Waals surface area contributed by atoms with Crippen LogP contribution in [0.15, 0.2) is 34.5 Å². The molecule has 188 valence electrons. The number of phenolic OH excluding ortho intramolecular Hbond substituents is 1. The summed E-state index contributed by atoms with van der Waals surface area (Å²) < 4.78 is 0. The van der Waals surface area contributed by atoms with Crippen LogP contribution in [-0.4, -0.2) is 35.2 Å². The van der Waals surface area contributed by atoms with E-state index < -0.39 is 11.6 Å². The first-order chi connectivity index (χ1) is 17.6. The number of hydrogen-bond acceptors (Lipinski definition) is 8. The molecular weight excluding hydrogens is 515 g/mol. The summed E-state index contributed by atoms with van der Waals surface area (Å²) in [6, 6.07) is 5.55. The fourth-order valence-corrected chi connectivity index (χ4v) is 4.61. The van der Waals surface area contributed by atoms with Gasteiger partial charge in [0.1, 0.15) is 22.9 Å². The van der Waals surface area contributed by atoms with Crippen molar-refractivity contribution in [2.75, 3.05) is 24.2 Å². The van der Waals surface area contributed by atoms with Gasteiger partial charge >= 0.3 is 0 Å². The van der Waals surface area contributed by atoms with E-state index in [2.05, 4.69) is 30.7 Å². The van der Waals surface area contributed by atoms with Gasteiger partial charge in [-0.1, -0.05) is 49.2 Å². The summed E-state index contributed by atoms with van der Waals surface area (Å²) in [5, 5.41) is 25.0. The maximum absolute atomic E-state index is 13.5. The van der Waals surface area contributed by atoms with Crippen LogP contribution >= 0.6 is 23.2 Å². The number of aromatic nitrogens is 1. The fraction of sp³-hybridized carbons (Fsp3) is 0.231. The lowest BCUT2D eigenvalue weighted by molar-refractivity contribution is 0.0977. The maximum atomic E-state index is 13.5. The number of fused-ring (bicyclic) bond motifs is 2. The molecule has 0 spiro atoms. The minimum atomic E-state index is -0.653. The Morgan fingerprint density at radius 2 is 1.76 bits per heavy atom. The van der Waals surface area contributed by atoms with Gasteiger partial charge in [-0.25, -0.2) is 9.83 Å². The van der Waals surface area contributed by atoms with Crippen LogP contribution in [0.2, 0.25) is 10.0 Å². The molecule has 0 aliphatic heterocycles. The third-order valence-corrected chi connectivity index (χ3v) is 6.42.